The first-order valence-electron chi connectivity index (χ1n) is 9.68. The highest BCUT2D eigenvalue weighted by Gasteiger charge is 2.14. The van der Waals surface area contributed by atoms with E-state index in [1.807, 2.05) is 31.2 Å². The Labute approximate surface area is 170 Å². The van der Waals surface area contributed by atoms with Gasteiger partial charge in [0.05, 0.1) is 18.3 Å². The number of rotatable bonds is 8. The first-order chi connectivity index (χ1) is 13.5. The minimum atomic E-state index is -0.364. The topological polar surface area (TPSA) is 84.2 Å². The third-order valence-corrected chi connectivity index (χ3v) is 6.04. The summed E-state index contributed by atoms with van der Waals surface area (Å²) >= 11 is 1.36. The Hall–Kier alpha value is -2.47. The number of nitrogens with one attached hydrogen (secondary N) is 2. The predicted molar refractivity (Wildman–Crippen MR) is 114 cm³/mol. The Morgan fingerprint density at radius 1 is 1.11 bits per heavy atom. The standard InChI is InChI=1S/C22H27N3O2S/c1-15(17-11-10-16-6-2-3-7-18(16)12-17)25-22(27)13-24-19-8-4-5-9-20(19)28-14-21(23)26/h4-5,8-12,15,24H,2-3,6-7,13-14H2,1H3,(H2,23,26)(H,25,27). The summed E-state index contributed by atoms with van der Waals surface area (Å²) in [6.45, 7) is 2.18. The van der Waals surface area contributed by atoms with Crippen LogP contribution in [-0.2, 0) is 22.4 Å². The summed E-state index contributed by atoms with van der Waals surface area (Å²) in [5.41, 5.74) is 10.1. The zero-order valence-corrected chi connectivity index (χ0v) is 17.0. The molecule has 1 aliphatic rings. The Balaban J connectivity index is 1.55. The number of aryl methyl sites for hydroxylation is 2. The van der Waals surface area contributed by atoms with E-state index >= 15 is 0 Å². The highest BCUT2D eigenvalue weighted by molar-refractivity contribution is 8.00. The second-order valence-electron chi connectivity index (χ2n) is 7.13. The minimum Gasteiger partial charge on any atom is -0.375 e. The van der Waals surface area contributed by atoms with Gasteiger partial charge in [-0.3, -0.25) is 9.59 Å². The van der Waals surface area contributed by atoms with Crippen molar-refractivity contribution in [3.05, 3.63) is 59.2 Å². The summed E-state index contributed by atoms with van der Waals surface area (Å²) in [6.07, 6.45) is 4.80. The molecule has 1 atom stereocenters. The van der Waals surface area contributed by atoms with Gasteiger partial charge in [0.1, 0.15) is 0 Å². The van der Waals surface area contributed by atoms with Crippen molar-refractivity contribution in [2.45, 2.75) is 43.5 Å². The third-order valence-electron chi connectivity index (χ3n) is 4.95. The lowest BCUT2D eigenvalue weighted by atomic mass is 9.89. The fraction of sp³-hybridized carbons (Fsp3) is 0.364. The molecule has 0 fully saturated rings. The smallest absolute Gasteiger partial charge is 0.239 e. The number of primary amides is 1. The molecule has 2 aromatic carbocycles. The van der Waals surface area contributed by atoms with Crippen molar-refractivity contribution < 1.29 is 9.59 Å². The number of benzene rings is 2. The molecule has 0 saturated carbocycles. The Kier molecular flexibility index (Phi) is 6.98. The molecule has 1 aliphatic carbocycles. The van der Waals surface area contributed by atoms with Crippen LogP contribution in [0.3, 0.4) is 0 Å². The predicted octanol–water partition coefficient (Wildman–Crippen LogP) is 3.43. The molecular formula is C22H27N3O2S. The number of nitrogens with two attached hydrogens (primary N) is 1. The number of amides is 2. The van der Waals surface area contributed by atoms with Gasteiger partial charge in [0.2, 0.25) is 11.8 Å². The first-order valence-corrected chi connectivity index (χ1v) is 10.7. The molecule has 0 aliphatic heterocycles. The quantitative estimate of drug-likeness (QED) is 0.596. The van der Waals surface area contributed by atoms with Gasteiger partial charge in [-0.05, 0) is 61.4 Å². The largest absolute Gasteiger partial charge is 0.375 e. The molecule has 148 valence electrons. The van der Waals surface area contributed by atoms with Crippen LogP contribution in [0.4, 0.5) is 5.69 Å². The molecule has 1 unspecified atom stereocenters. The van der Waals surface area contributed by atoms with Gasteiger partial charge < -0.3 is 16.4 Å². The summed E-state index contributed by atoms with van der Waals surface area (Å²) in [5.74, 6) is -0.225. The normalized spacial score (nSPS) is 14.0. The summed E-state index contributed by atoms with van der Waals surface area (Å²) < 4.78 is 0. The van der Waals surface area contributed by atoms with Crippen molar-refractivity contribution in [3.63, 3.8) is 0 Å². The average Bonchev–Trinajstić information content (AvgIpc) is 2.70. The van der Waals surface area contributed by atoms with Crippen LogP contribution in [-0.4, -0.2) is 24.1 Å². The monoisotopic (exact) mass is 397 g/mol. The van der Waals surface area contributed by atoms with Gasteiger partial charge in [0.25, 0.3) is 0 Å². The van der Waals surface area contributed by atoms with E-state index in [4.69, 9.17) is 5.73 Å². The molecule has 4 N–H and O–H groups in total. The van der Waals surface area contributed by atoms with Crippen LogP contribution in [0.2, 0.25) is 0 Å². The summed E-state index contributed by atoms with van der Waals surface area (Å²) in [6, 6.07) is 14.1. The third kappa shape index (κ3) is 5.52. The SMILES string of the molecule is CC(NC(=O)CNc1ccccc1SCC(N)=O)c1ccc2c(c1)CCCC2. The van der Waals surface area contributed by atoms with E-state index in [1.165, 1.54) is 35.7 Å². The molecule has 0 spiro atoms. The van der Waals surface area contributed by atoms with Gasteiger partial charge in [-0.1, -0.05) is 30.3 Å². The van der Waals surface area contributed by atoms with E-state index in [9.17, 15) is 9.59 Å². The van der Waals surface area contributed by atoms with E-state index in [-0.39, 0.29) is 30.2 Å². The maximum absolute atomic E-state index is 12.4. The number of fused-ring (bicyclic) bond motifs is 1. The van der Waals surface area contributed by atoms with Gasteiger partial charge in [-0.2, -0.15) is 0 Å². The van der Waals surface area contributed by atoms with Crippen LogP contribution >= 0.6 is 11.8 Å². The number of carbonyl (C=O) groups is 2. The summed E-state index contributed by atoms with van der Waals surface area (Å²) in [5, 5.41) is 6.22. The van der Waals surface area contributed by atoms with Gasteiger partial charge in [0, 0.05) is 10.6 Å². The molecule has 2 amide bonds. The summed E-state index contributed by atoms with van der Waals surface area (Å²) in [4.78, 5) is 24.3. The van der Waals surface area contributed by atoms with Gasteiger partial charge in [-0.15, -0.1) is 11.8 Å². The zero-order valence-electron chi connectivity index (χ0n) is 16.2. The van der Waals surface area contributed by atoms with Gasteiger partial charge >= 0.3 is 0 Å². The Morgan fingerprint density at radius 3 is 2.64 bits per heavy atom. The molecule has 0 aromatic heterocycles. The fourth-order valence-electron chi connectivity index (χ4n) is 3.46. The number of hydrogen-bond donors (Lipinski definition) is 3. The lowest BCUT2D eigenvalue weighted by Gasteiger charge is -2.20. The Morgan fingerprint density at radius 2 is 1.86 bits per heavy atom. The zero-order chi connectivity index (χ0) is 19.9. The molecule has 0 heterocycles. The number of hydrogen-bond acceptors (Lipinski definition) is 4. The lowest BCUT2D eigenvalue weighted by molar-refractivity contribution is -0.120. The van der Waals surface area contributed by atoms with Crippen LogP contribution in [0.5, 0.6) is 0 Å². The van der Waals surface area contributed by atoms with Crippen LogP contribution in [0, 0.1) is 0 Å². The van der Waals surface area contributed by atoms with Crippen molar-refractivity contribution in [1.82, 2.24) is 5.32 Å². The summed E-state index contributed by atoms with van der Waals surface area (Å²) in [7, 11) is 0. The molecule has 0 saturated heterocycles. The maximum Gasteiger partial charge on any atom is 0.239 e. The van der Waals surface area contributed by atoms with Crippen LogP contribution in [0.1, 0.15) is 42.5 Å². The van der Waals surface area contributed by atoms with E-state index in [2.05, 4.69) is 28.8 Å². The molecule has 5 nitrogen and oxygen atoms in total. The average molecular weight is 398 g/mol. The van der Waals surface area contributed by atoms with Crippen LogP contribution in [0.25, 0.3) is 0 Å². The molecule has 6 heteroatoms. The molecule has 28 heavy (non-hydrogen) atoms. The highest BCUT2D eigenvalue weighted by atomic mass is 32.2. The van der Waals surface area contributed by atoms with Crippen molar-refractivity contribution in [1.29, 1.82) is 0 Å². The van der Waals surface area contributed by atoms with E-state index in [1.54, 1.807) is 0 Å². The second-order valence-corrected chi connectivity index (χ2v) is 8.15. The van der Waals surface area contributed by atoms with Crippen molar-refractivity contribution in [2.24, 2.45) is 5.73 Å². The van der Waals surface area contributed by atoms with Gasteiger partial charge in [0.15, 0.2) is 0 Å². The van der Waals surface area contributed by atoms with Crippen molar-refractivity contribution in [2.75, 3.05) is 17.6 Å². The molecule has 2 aromatic rings. The number of carbonyl (C=O) groups excluding carboxylic acids is 2. The molecule has 0 radical (unpaired) electrons. The van der Waals surface area contributed by atoms with E-state index in [0.29, 0.717) is 0 Å². The molecule has 3 rings (SSSR count). The van der Waals surface area contributed by atoms with Gasteiger partial charge in [-0.25, -0.2) is 0 Å². The first kappa shape index (κ1) is 20.3. The lowest BCUT2D eigenvalue weighted by Crippen LogP contribution is -2.32. The molecular weight excluding hydrogens is 370 g/mol. The Bertz CT molecular complexity index is 853. The number of anilines is 1. The van der Waals surface area contributed by atoms with Crippen molar-refractivity contribution >= 4 is 29.3 Å². The molecule has 0 bridgehead atoms. The number of thioether (sulfide) groups is 1. The fourth-order valence-corrected chi connectivity index (χ4v) is 4.23. The highest BCUT2D eigenvalue weighted by Crippen LogP contribution is 2.27. The van der Waals surface area contributed by atoms with Crippen LogP contribution < -0.4 is 16.4 Å². The maximum atomic E-state index is 12.4. The van der Waals surface area contributed by atoms with Crippen LogP contribution in [0.15, 0.2) is 47.4 Å². The number of para-hydroxylation sites is 1. The second kappa shape index (κ2) is 9.64. The van der Waals surface area contributed by atoms with E-state index < -0.39 is 0 Å². The van der Waals surface area contributed by atoms with E-state index in [0.717, 1.165) is 29.0 Å². The minimum absolute atomic E-state index is 0.0407. The van der Waals surface area contributed by atoms with Crippen molar-refractivity contribution in [3.8, 4) is 0 Å².